The predicted octanol–water partition coefficient (Wildman–Crippen LogP) is 1.13. The zero-order valence-electron chi connectivity index (χ0n) is 13.4. The van der Waals surface area contributed by atoms with Gasteiger partial charge in [0.25, 0.3) is 5.91 Å². The van der Waals surface area contributed by atoms with Crippen molar-refractivity contribution in [3.63, 3.8) is 0 Å². The van der Waals surface area contributed by atoms with E-state index >= 15 is 0 Å². The van der Waals surface area contributed by atoms with Crippen molar-refractivity contribution in [2.24, 2.45) is 10.8 Å². The van der Waals surface area contributed by atoms with Gasteiger partial charge in [0, 0.05) is 13.0 Å². The Kier molecular flexibility index (Phi) is 4.65. The molecule has 0 bridgehead atoms. The lowest BCUT2D eigenvalue weighted by molar-refractivity contribution is -0.119. The third-order valence-electron chi connectivity index (χ3n) is 3.91. The quantitative estimate of drug-likeness (QED) is 0.759. The Morgan fingerprint density at radius 3 is 2.48 bits per heavy atom. The standard InChI is InChI=1S/C18H18N4O3/c19-17(24)16-10-15(21-22(16)13-4-2-1-3-5-13)18(25)20-11-12-6-8-14(23)9-7-12/h1-9,16,23H,10-11H2,(H2,19,24)(H,20,25). The molecule has 0 aliphatic carbocycles. The summed E-state index contributed by atoms with van der Waals surface area (Å²) in [5.41, 5.74) is 7.26. The molecule has 1 heterocycles. The Hall–Kier alpha value is -3.35. The molecule has 0 aromatic heterocycles. The lowest BCUT2D eigenvalue weighted by Gasteiger charge is -2.20. The van der Waals surface area contributed by atoms with Crippen LogP contribution in [-0.2, 0) is 16.1 Å². The van der Waals surface area contributed by atoms with Gasteiger partial charge in [-0.25, -0.2) is 0 Å². The highest BCUT2D eigenvalue weighted by Crippen LogP contribution is 2.24. The molecule has 2 aromatic rings. The molecule has 2 aromatic carbocycles. The number of nitrogens with two attached hydrogens (primary N) is 1. The minimum absolute atomic E-state index is 0.158. The van der Waals surface area contributed by atoms with Crippen LogP contribution in [0.1, 0.15) is 12.0 Å². The highest BCUT2D eigenvalue weighted by atomic mass is 16.3. The largest absolute Gasteiger partial charge is 0.508 e. The van der Waals surface area contributed by atoms with Gasteiger partial charge in [0.05, 0.1) is 5.69 Å². The first kappa shape index (κ1) is 16.5. The van der Waals surface area contributed by atoms with Crippen LogP contribution in [0, 0.1) is 0 Å². The number of benzene rings is 2. The lowest BCUT2D eigenvalue weighted by Crippen LogP contribution is -2.39. The fourth-order valence-corrected chi connectivity index (χ4v) is 2.59. The van der Waals surface area contributed by atoms with Crippen molar-refractivity contribution in [3.8, 4) is 5.75 Å². The van der Waals surface area contributed by atoms with Crippen LogP contribution < -0.4 is 16.1 Å². The average molecular weight is 338 g/mol. The van der Waals surface area contributed by atoms with Gasteiger partial charge in [-0.3, -0.25) is 14.6 Å². The summed E-state index contributed by atoms with van der Waals surface area (Å²) in [5.74, 6) is -0.718. The maximum Gasteiger partial charge on any atom is 0.267 e. The second kappa shape index (κ2) is 7.04. The van der Waals surface area contributed by atoms with Gasteiger partial charge in [-0.2, -0.15) is 5.10 Å². The molecule has 1 aliphatic heterocycles. The minimum atomic E-state index is -0.683. The molecule has 0 saturated carbocycles. The van der Waals surface area contributed by atoms with Crippen LogP contribution in [0.25, 0.3) is 0 Å². The van der Waals surface area contributed by atoms with Gasteiger partial charge < -0.3 is 16.2 Å². The van der Waals surface area contributed by atoms with Gasteiger partial charge in [-0.1, -0.05) is 30.3 Å². The van der Waals surface area contributed by atoms with Gasteiger partial charge in [-0.05, 0) is 29.8 Å². The van der Waals surface area contributed by atoms with Gasteiger partial charge in [0.15, 0.2) is 0 Å². The van der Waals surface area contributed by atoms with Gasteiger partial charge in [0.1, 0.15) is 17.5 Å². The van der Waals surface area contributed by atoms with Crippen molar-refractivity contribution < 1.29 is 14.7 Å². The number of para-hydroxylation sites is 1. The highest BCUT2D eigenvalue weighted by Gasteiger charge is 2.34. The average Bonchev–Trinajstić information content (AvgIpc) is 3.07. The van der Waals surface area contributed by atoms with Gasteiger partial charge >= 0.3 is 0 Å². The second-order valence-corrected chi connectivity index (χ2v) is 5.70. The number of hydrogen-bond donors (Lipinski definition) is 3. The number of rotatable bonds is 5. The number of hydrogen-bond acceptors (Lipinski definition) is 5. The molecule has 1 unspecified atom stereocenters. The van der Waals surface area contributed by atoms with Crippen LogP contribution in [0.15, 0.2) is 59.7 Å². The first-order valence-electron chi connectivity index (χ1n) is 7.82. The van der Waals surface area contributed by atoms with E-state index in [0.29, 0.717) is 12.2 Å². The number of primary amides is 1. The number of carbonyl (C=O) groups is 2. The number of nitrogens with zero attached hydrogens (tertiary/aromatic N) is 2. The molecule has 0 radical (unpaired) electrons. The van der Waals surface area contributed by atoms with Crippen molar-refractivity contribution in [1.82, 2.24) is 5.32 Å². The van der Waals surface area contributed by atoms with E-state index in [0.717, 1.165) is 5.56 Å². The molecule has 7 nitrogen and oxygen atoms in total. The van der Waals surface area contributed by atoms with Crippen LogP contribution in [0.4, 0.5) is 5.69 Å². The Labute approximate surface area is 144 Å². The first-order chi connectivity index (χ1) is 12.0. The number of phenols is 1. The number of amides is 2. The van der Waals surface area contributed by atoms with E-state index in [2.05, 4.69) is 10.4 Å². The normalized spacial score (nSPS) is 16.4. The van der Waals surface area contributed by atoms with Crippen molar-refractivity contribution in [2.45, 2.75) is 19.0 Å². The van der Waals surface area contributed by atoms with Crippen molar-refractivity contribution in [3.05, 3.63) is 60.2 Å². The highest BCUT2D eigenvalue weighted by molar-refractivity contribution is 6.40. The van der Waals surface area contributed by atoms with Gasteiger partial charge in [0.2, 0.25) is 5.91 Å². The Morgan fingerprint density at radius 2 is 1.84 bits per heavy atom. The van der Waals surface area contributed by atoms with E-state index in [1.807, 2.05) is 18.2 Å². The van der Waals surface area contributed by atoms with Crippen molar-refractivity contribution in [1.29, 1.82) is 0 Å². The molecule has 0 fully saturated rings. The molecule has 1 atom stereocenters. The first-order valence-corrected chi connectivity index (χ1v) is 7.82. The van der Waals surface area contributed by atoms with Crippen LogP contribution in [-0.4, -0.2) is 28.7 Å². The van der Waals surface area contributed by atoms with E-state index < -0.39 is 11.9 Å². The summed E-state index contributed by atoms with van der Waals surface area (Å²) in [5, 5.41) is 17.8. The minimum Gasteiger partial charge on any atom is -0.508 e. The zero-order valence-corrected chi connectivity index (χ0v) is 13.4. The molecular weight excluding hydrogens is 320 g/mol. The van der Waals surface area contributed by atoms with Crippen molar-refractivity contribution in [2.75, 3.05) is 5.01 Å². The fourth-order valence-electron chi connectivity index (χ4n) is 2.59. The summed E-state index contributed by atoms with van der Waals surface area (Å²) in [6, 6.07) is 15.0. The molecule has 128 valence electrons. The third kappa shape index (κ3) is 3.77. The Morgan fingerprint density at radius 1 is 1.16 bits per heavy atom. The summed E-state index contributed by atoms with van der Waals surface area (Å²) in [6.07, 6.45) is 0.158. The topological polar surface area (TPSA) is 108 Å². The van der Waals surface area contributed by atoms with E-state index in [1.165, 1.54) is 5.01 Å². The second-order valence-electron chi connectivity index (χ2n) is 5.70. The summed E-state index contributed by atoms with van der Waals surface area (Å²) in [6.45, 7) is 0.296. The lowest BCUT2D eigenvalue weighted by atomic mass is 10.1. The summed E-state index contributed by atoms with van der Waals surface area (Å²) in [7, 11) is 0. The van der Waals surface area contributed by atoms with Crippen LogP contribution in [0.3, 0.4) is 0 Å². The Bertz CT molecular complexity index is 803. The molecule has 2 amide bonds. The number of hydrazone groups is 1. The van der Waals surface area contributed by atoms with E-state index in [9.17, 15) is 14.7 Å². The van der Waals surface area contributed by atoms with E-state index in [4.69, 9.17) is 5.73 Å². The number of carbonyl (C=O) groups excluding carboxylic acids is 2. The smallest absolute Gasteiger partial charge is 0.267 e. The summed E-state index contributed by atoms with van der Waals surface area (Å²) >= 11 is 0. The summed E-state index contributed by atoms with van der Waals surface area (Å²) in [4.78, 5) is 24.1. The number of aromatic hydroxyl groups is 1. The predicted molar refractivity (Wildman–Crippen MR) is 93.9 cm³/mol. The maximum absolute atomic E-state index is 12.4. The SMILES string of the molecule is NC(=O)C1CC(C(=O)NCc2ccc(O)cc2)=NN1c1ccccc1. The van der Waals surface area contributed by atoms with E-state index in [1.54, 1.807) is 36.4 Å². The van der Waals surface area contributed by atoms with Crippen LogP contribution in [0.2, 0.25) is 0 Å². The molecule has 3 rings (SSSR count). The Balaban J connectivity index is 1.71. The number of nitrogens with one attached hydrogen (secondary N) is 1. The van der Waals surface area contributed by atoms with Crippen LogP contribution in [0.5, 0.6) is 5.75 Å². The molecule has 25 heavy (non-hydrogen) atoms. The molecule has 7 heteroatoms. The van der Waals surface area contributed by atoms with Crippen molar-refractivity contribution >= 4 is 23.2 Å². The third-order valence-corrected chi connectivity index (χ3v) is 3.91. The fraction of sp³-hybridized carbons (Fsp3) is 0.167. The molecular formula is C18H18N4O3. The molecule has 4 N–H and O–H groups in total. The monoisotopic (exact) mass is 338 g/mol. The van der Waals surface area contributed by atoms with E-state index in [-0.39, 0.29) is 23.8 Å². The maximum atomic E-state index is 12.4. The number of anilines is 1. The molecule has 0 saturated heterocycles. The summed E-state index contributed by atoms with van der Waals surface area (Å²) < 4.78 is 0. The molecule has 1 aliphatic rings. The molecule has 0 spiro atoms. The van der Waals surface area contributed by atoms with Crippen LogP contribution >= 0.6 is 0 Å². The zero-order chi connectivity index (χ0) is 17.8. The van der Waals surface area contributed by atoms with Gasteiger partial charge in [-0.15, -0.1) is 0 Å². The number of phenolic OH excluding ortho intramolecular Hbond substituents is 1.